The molecule has 2 aromatic rings. The lowest BCUT2D eigenvalue weighted by Gasteiger charge is -2.06. The Balaban J connectivity index is 2.57. The summed E-state index contributed by atoms with van der Waals surface area (Å²) in [6.45, 7) is -0.741. The van der Waals surface area contributed by atoms with E-state index in [2.05, 4.69) is 4.98 Å². The number of carbonyl (C=O) groups is 3. The smallest absolute Gasteiger partial charge is 0.346 e. The van der Waals surface area contributed by atoms with Gasteiger partial charge in [-0.25, -0.2) is 19.4 Å². The Kier molecular flexibility index (Phi) is 3.53. The zero-order chi connectivity index (χ0) is 14.9. The average molecular weight is 297 g/mol. The molecule has 3 N–H and O–H groups in total. The molecular formula is C11H7NO7S. The summed E-state index contributed by atoms with van der Waals surface area (Å²) < 4.78 is 4.80. The molecule has 0 unspecified atom stereocenters. The molecule has 0 bridgehead atoms. The Hall–Kier alpha value is -2.68. The average Bonchev–Trinajstić information content (AvgIpc) is 2.77. The van der Waals surface area contributed by atoms with Crippen LogP contribution in [0.5, 0.6) is 5.88 Å². The first-order chi connectivity index (χ1) is 9.40. The first-order valence-corrected chi connectivity index (χ1v) is 6.01. The van der Waals surface area contributed by atoms with Crippen LogP contribution < -0.4 is 4.74 Å². The summed E-state index contributed by atoms with van der Waals surface area (Å²) in [4.78, 5) is 36.3. The fourth-order valence-electron chi connectivity index (χ4n) is 1.52. The molecular weight excluding hydrogens is 290 g/mol. The summed E-state index contributed by atoms with van der Waals surface area (Å²) in [6, 6.07) is 1.11. The SMILES string of the molecule is O=C(O)COc1nc2csc(C(=O)O)c2cc1C(=O)O. The van der Waals surface area contributed by atoms with Crippen LogP contribution in [0.2, 0.25) is 0 Å². The zero-order valence-electron chi connectivity index (χ0n) is 9.69. The van der Waals surface area contributed by atoms with E-state index in [0.717, 1.165) is 17.4 Å². The summed E-state index contributed by atoms with van der Waals surface area (Å²) in [6.07, 6.45) is 0. The number of thiophene rings is 1. The number of pyridine rings is 1. The lowest BCUT2D eigenvalue weighted by atomic mass is 10.2. The molecule has 0 fully saturated rings. The van der Waals surface area contributed by atoms with E-state index in [-0.39, 0.29) is 27.2 Å². The van der Waals surface area contributed by atoms with Gasteiger partial charge in [-0.05, 0) is 6.07 Å². The number of nitrogens with zero attached hydrogens (tertiary/aromatic N) is 1. The number of aromatic nitrogens is 1. The highest BCUT2D eigenvalue weighted by molar-refractivity contribution is 7.13. The van der Waals surface area contributed by atoms with Crippen LogP contribution in [-0.4, -0.2) is 44.8 Å². The number of hydrogen-bond acceptors (Lipinski definition) is 6. The number of ether oxygens (including phenoxy) is 1. The van der Waals surface area contributed by atoms with E-state index < -0.39 is 24.5 Å². The molecule has 9 heteroatoms. The molecule has 0 aliphatic carbocycles. The second-order valence-electron chi connectivity index (χ2n) is 3.63. The van der Waals surface area contributed by atoms with Crippen LogP contribution in [0.1, 0.15) is 20.0 Å². The number of carboxylic acid groups (broad SMARTS) is 3. The van der Waals surface area contributed by atoms with E-state index in [4.69, 9.17) is 20.1 Å². The predicted octanol–water partition coefficient (Wildman–Crippen LogP) is 1.16. The van der Waals surface area contributed by atoms with Gasteiger partial charge in [0.05, 0.1) is 5.52 Å². The number of carboxylic acids is 3. The van der Waals surface area contributed by atoms with Gasteiger partial charge in [-0.15, -0.1) is 11.3 Å². The van der Waals surface area contributed by atoms with Gasteiger partial charge in [-0.2, -0.15) is 0 Å². The maximum Gasteiger partial charge on any atom is 0.346 e. The minimum atomic E-state index is -1.39. The maximum absolute atomic E-state index is 11.1. The lowest BCUT2D eigenvalue weighted by Crippen LogP contribution is -2.13. The third-order valence-electron chi connectivity index (χ3n) is 2.31. The lowest BCUT2D eigenvalue weighted by molar-refractivity contribution is -0.139. The summed E-state index contributed by atoms with van der Waals surface area (Å²) in [5.74, 6) is -4.22. The highest BCUT2D eigenvalue weighted by atomic mass is 32.1. The number of aromatic carboxylic acids is 2. The van der Waals surface area contributed by atoms with E-state index in [1.807, 2.05) is 0 Å². The van der Waals surface area contributed by atoms with Crippen LogP contribution in [0.15, 0.2) is 11.4 Å². The van der Waals surface area contributed by atoms with Crippen LogP contribution in [0, 0.1) is 0 Å². The molecule has 0 aliphatic heterocycles. The molecule has 20 heavy (non-hydrogen) atoms. The monoisotopic (exact) mass is 297 g/mol. The molecule has 0 aliphatic rings. The Bertz CT molecular complexity index is 721. The molecule has 2 heterocycles. The van der Waals surface area contributed by atoms with Crippen LogP contribution in [-0.2, 0) is 4.79 Å². The van der Waals surface area contributed by atoms with Gasteiger partial charge in [-0.1, -0.05) is 0 Å². The highest BCUT2D eigenvalue weighted by Crippen LogP contribution is 2.29. The van der Waals surface area contributed by atoms with Gasteiger partial charge in [0, 0.05) is 10.8 Å². The van der Waals surface area contributed by atoms with E-state index >= 15 is 0 Å². The molecule has 0 saturated carbocycles. The van der Waals surface area contributed by atoms with Gasteiger partial charge >= 0.3 is 17.9 Å². The molecule has 8 nitrogen and oxygen atoms in total. The number of aliphatic carboxylic acids is 1. The van der Waals surface area contributed by atoms with Gasteiger partial charge in [0.15, 0.2) is 6.61 Å². The summed E-state index contributed by atoms with van der Waals surface area (Å²) in [5, 5.41) is 28.1. The number of fused-ring (bicyclic) bond motifs is 1. The van der Waals surface area contributed by atoms with Crippen LogP contribution in [0.25, 0.3) is 10.9 Å². The van der Waals surface area contributed by atoms with Gasteiger partial charge < -0.3 is 20.1 Å². The largest absolute Gasteiger partial charge is 0.479 e. The van der Waals surface area contributed by atoms with Crippen molar-refractivity contribution < 1.29 is 34.4 Å². The fourth-order valence-corrected chi connectivity index (χ4v) is 2.32. The van der Waals surface area contributed by atoms with Crippen molar-refractivity contribution in [2.24, 2.45) is 0 Å². The van der Waals surface area contributed by atoms with Crippen molar-refractivity contribution in [3.8, 4) is 5.88 Å². The molecule has 104 valence electrons. The third-order valence-corrected chi connectivity index (χ3v) is 3.28. The van der Waals surface area contributed by atoms with Crippen LogP contribution in [0.4, 0.5) is 0 Å². The van der Waals surface area contributed by atoms with Crippen molar-refractivity contribution >= 4 is 40.1 Å². The molecule has 2 aromatic heterocycles. The second-order valence-corrected chi connectivity index (χ2v) is 4.51. The number of rotatable bonds is 5. The van der Waals surface area contributed by atoms with E-state index in [0.29, 0.717) is 0 Å². The van der Waals surface area contributed by atoms with E-state index in [1.165, 1.54) is 5.38 Å². The minimum absolute atomic E-state index is 0.0419. The molecule has 0 spiro atoms. The normalized spacial score (nSPS) is 10.4. The molecule has 2 rings (SSSR count). The molecule has 0 radical (unpaired) electrons. The molecule has 0 saturated heterocycles. The molecule has 0 aromatic carbocycles. The van der Waals surface area contributed by atoms with E-state index in [9.17, 15) is 14.4 Å². The predicted molar refractivity (Wildman–Crippen MR) is 66.7 cm³/mol. The maximum atomic E-state index is 11.1. The van der Waals surface area contributed by atoms with E-state index in [1.54, 1.807) is 0 Å². The first-order valence-electron chi connectivity index (χ1n) is 5.13. The van der Waals surface area contributed by atoms with Gasteiger partial charge in [0.1, 0.15) is 10.4 Å². The zero-order valence-corrected chi connectivity index (χ0v) is 10.5. The van der Waals surface area contributed by atoms with Crippen LogP contribution >= 0.6 is 11.3 Å². The van der Waals surface area contributed by atoms with Gasteiger partial charge in [0.25, 0.3) is 0 Å². The Morgan fingerprint density at radius 2 is 1.90 bits per heavy atom. The number of hydrogen-bond donors (Lipinski definition) is 3. The minimum Gasteiger partial charge on any atom is -0.479 e. The molecule has 0 amide bonds. The Morgan fingerprint density at radius 1 is 1.20 bits per heavy atom. The first kappa shape index (κ1) is 13.7. The third kappa shape index (κ3) is 2.52. The topological polar surface area (TPSA) is 134 Å². The van der Waals surface area contributed by atoms with Gasteiger partial charge in [-0.3, -0.25) is 0 Å². The summed E-state index contributed by atoms with van der Waals surface area (Å²) >= 11 is 0.898. The standard InChI is InChI=1S/C11H7NO7S/c13-7(14)2-19-9-5(10(15)16)1-4-6(12-9)3-20-8(4)11(17)18/h1,3H,2H2,(H,13,14)(H,15,16)(H,17,18). The Morgan fingerprint density at radius 3 is 2.45 bits per heavy atom. The van der Waals surface area contributed by atoms with Crippen LogP contribution in [0.3, 0.4) is 0 Å². The fraction of sp³-hybridized carbons (Fsp3) is 0.0909. The van der Waals surface area contributed by atoms with Crippen molar-refractivity contribution in [3.05, 3.63) is 21.9 Å². The Labute approximate surface area is 114 Å². The van der Waals surface area contributed by atoms with Gasteiger partial charge in [0.2, 0.25) is 5.88 Å². The van der Waals surface area contributed by atoms with Crippen molar-refractivity contribution in [3.63, 3.8) is 0 Å². The van der Waals surface area contributed by atoms with Crippen molar-refractivity contribution in [1.82, 2.24) is 4.98 Å². The van der Waals surface area contributed by atoms with Crippen molar-refractivity contribution in [2.75, 3.05) is 6.61 Å². The van der Waals surface area contributed by atoms with Crippen molar-refractivity contribution in [1.29, 1.82) is 0 Å². The second kappa shape index (κ2) is 5.13. The van der Waals surface area contributed by atoms with Crippen molar-refractivity contribution in [2.45, 2.75) is 0 Å². The summed E-state index contributed by atoms with van der Waals surface area (Å²) in [7, 11) is 0. The molecule has 0 atom stereocenters. The summed E-state index contributed by atoms with van der Waals surface area (Å²) in [5.41, 5.74) is -0.155. The quantitative estimate of drug-likeness (QED) is 0.748. The highest BCUT2D eigenvalue weighted by Gasteiger charge is 2.20.